The fourth-order valence-corrected chi connectivity index (χ4v) is 2.78. The number of likely N-dealkylation sites (tertiary alicyclic amines) is 1. The zero-order valence-electron chi connectivity index (χ0n) is 11.4. The summed E-state index contributed by atoms with van der Waals surface area (Å²) in [4.78, 5) is 2.16. The Balaban J connectivity index is 2.08. The summed E-state index contributed by atoms with van der Waals surface area (Å²) in [5.41, 5.74) is 0.0467. The van der Waals surface area contributed by atoms with E-state index in [1.54, 1.807) is 0 Å². The van der Waals surface area contributed by atoms with Crippen molar-refractivity contribution in [1.82, 2.24) is 4.90 Å². The Bertz CT molecular complexity index is 438. The largest absolute Gasteiger partial charge is 0.387 e. The Hall–Kier alpha value is -1.00. The van der Waals surface area contributed by atoms with Gasteiger partial charge in [0.1, 0.15) is 0 Å². The molecule has 1 aromatic carbocycles. The molecule has 1 aliphatic rings. The number of aliphatic hydroxyl groups excluding tert-OH is 1. The second-order valence-corrected chi connectivity index (χ2v) is 5.51. The quantitative estimate of drug-likeness (QED) is 0.911. The molecule has 3 atom stereocenters. The lowest BCUT2D eigenvalue weighted by molar-refractivity contribution is 0.0495. The van der Waals surface area contributed by atoms with E-state index < -0.39 is 17.7 Å². The SMILES string of the molecule is CC1CCCN(CC(O)c2cccc(F)c2F)C1C. The standard InChI is InChI=1S/C15H21F2NO/c1-10-5-4-8-18(11(10)2)9-14(19)12-6-3-7-13(16)15(12)17/h3,6-7,10-11,14,19H,4-5,8-9H2,1-2H3. The lowest BCUT2D eigenvalue weighted by atomic mass is 9.91. The molecule has 2 nitrogen and oxygen atoms in total. The third-order valence-electron chi connectivity index (χ3n) is 4.25. The molecule has 0 saturated carbocycles. The third-order valence-corrected chi connectivity index (χ3v) is 4.25. The molecule has 0 amide bonds. The monoisotopic (exact) mass is 269 g/mol. The molecule has 0 spiro atoms. The molecule has 19 heavy (non-hydrogen) atoms. The number of hydrogen-bond acceptors (Lipinski definition) is 2. The molecule has 1 N–H and O–H groups in total. The number of hydrogen-bond donors (Lipinski definition) is 1. The van der Waals surface area contributed by atoms with E-state index in [-0.39, 0.29) is 5.56 Å². The molecule has 0 aliphatic carbocycles. The molecule has 3 unspecified atom stereocenters. The zero-order chi connectivity index (χ0) is 14.0. The molecule has 1 heterocycles. The Morgan fingerprint density at radius 1 is 1.37 bits per heavy atom. The van der Waals surface area contributed by atoms with Crippen LogP contribution in [-0.4, -0.2) is 29.1 Å². The second-order valence-electron chi connectivity index (χ2n) is 5.51. The number of piperidine rings is 1. The molecule has 1 aromatic rings. The van der Waals surface area contributed by atoms with Crippen molar-refractivity contribution in [3.05, 3.63) is 35.4 Å². The van der Waals surface area contributed by atoms with Crippen LogP contribution in [0, 0.1) is 17.6 Å². The van der Waals surface area contributed by atoms with Crippen molar-refractivity contribution in [2.24, 2.45) is 5.92 Å². The minimum Gasteiger partial charge on any atom is -0.387 e. The summed E-state index contributed by atoms with van der Waals surface area (Å²) in [6, 6.07) is 4.30. The average Bonchev–Trinajstić information content (AvgIpc) is 2.38. The third kappa shape index (κ3) is 3.12. The molecule has 1 saturated heterocycles. The second kappa shape index (κ2) is 5.97. The van der Waals surface area contributed by atoms with Gasteiger partial charge < -0.3 is 5.11 Å². The fraction of sp³-hybridized carbons (Fsp3) is 0.600. The predicted octanol–water partition coefficient (Wildman–Crippen LogP) is 3.12. The molecular weight excluding hydrogens is 248 g/mol. The normalized spacial score (nSPS) is 26.4. The van der Waals surface area contributed by atoms with Crippen molar-refractivity contribution in [1.29, 1.82) is 0 Å². The Labute approximate surface area is 113 Å². The maximum Gasteiger partial charge on any atom is 0.164 e. The minimum absolute atomic E-state index is 0.0467. The van der Waals surface area contributed by atoms with Gasteiger partial charge >= 0.3 is 0 Å². The highest BCUT2D eigenvalue weighted by Gasteiger charge is 2.27. The van der Waals surface area contributed by atoms with Gasteiger partial charge in [0, 0.05) is 18.2 Å². The van der Waals surface area contributed by atoms with Crippen LogP contribution in [0.3, 0.4) is 0 Å². The number of halogens is 2. The van der Waals surface area contributed by atoms with E-state index in [0.717, 1.165) is 19.0 Å². The van der Waals surface area contributed by atoms with Crippen LogP contribution in [0.4, 0.5) is 8.78 Å². The number of aliphatic hydroxyl groups is 1. The first-order chi connectivity index (χ1) is 9.00. The highest BCUT2D eigenvalue weighted by atomic mass is 19.2. The lowest BCUT2D eigenvalue weighted by Crippen LogP contribution is -2.44. The average molecular weight is 269 g/mol. The number of benzene rings is 1. The fourth-order valence-electron chi connectivity index (χ4n) is 2.78. The van der Waals surface area contributed by atoms with Crippen molar-refractivity contribution in [3.8, 4) is 0 Å². The van der Waals surface area contributed by atoms with Gasteiger partial charge in [-0.15, -0.1) is 0 Å². The smallest absolute Gasteiger partial charge is 0.164 e. The van der Waals surface area contributed by atoms with E-state index in [0.29, 0.717) is 18.5 Å². The Morgan fingerprint density at radius 3 is 2.84 bits per heavy atom. The first kappa shape index (κ1) is 14.4. The minimum atomic E-state index is -0.983. The number of rotatable bonds is 3. The van der Waals surface area contributed by atoms with Crippen LogP contribution in [0.5, 0.6) is 0 Å². The Morgan fingerprint density at radius 2 is 2.11 bits per heavy atom. The summed E-state index contributed by atoms with van der Waals surface area (Å²) in [6.07, 6.45) is 1.29. The summed E-state index contributed by atoms with van der Waals surface area (Å²) in [5, 5.41) is 10.1. The van der Waals surface area contributed by atoms with Crippen molar-refractivity contribution in [2.45, 2.75) is 38.8 Å². The van der Waals surface area contributed by atoms with Crippen LogP contribution in [0.1, 0.15) is 38.4 Å². The van der Waals surface area contributed by atoms with E-state index in [2.05, 4.69) is 18.7 Å². The van der Waals surface area contributed by atoms with Gasteiger partial charge in [-0.05, 0) is 38.3 Å². The summed E-state index contributed by atoms with van der Waals surface area (Å²) in [6.45, 7) is 5.57. The summed E-state index contributed by atoms with van der Waals surface area (Å²) >= 11 is 0. The van der Waals surface area contributed by atoms with Crippen LogP contribution in [0.2, 0.25) is 0 Å². The molecule has 1 aliphatic heterocycles. The van der Waals surface area contributed by atoms with Crippen LogP contribution in [0.25, 0.3) is 0 Å². The topological polar surface area (TPSA) is 23.5 Å². The van der Waals surface area contributed by atoms with E-state index in [9.17, 15) is 13.9 Å². The molecule has 106 valence electrons. The molecule has 4 heteroatoms. The van der Waals surface area contributed by atoms with E-state index in [1.165, 1.54) is 18.6 Å². The summed E-state index contributed by atoms with van der Waals surface area (Å²) < 4.78 is 26.8. The molecular formula is C15H21F2NO. The van der Waals surface area contributed by atoms with Crippen LogP contribution < -0.4 is 0 Å². The predicted molar refractivity (Wildman–Crippen MR) is 70.8 cm³/mol. The van der Waals surface area contributed by atoms with Gasteiger partial charge in [0.05, 0.1) is 6.10 Å². The summed E-state index contributed by atoms with van der Waals surface area (Å²) in [7, 11) is 0. The summed E-state index contributed by atoms with van der Waals surface area (Å²) in [5.74, 6) is -1.28. The maximum absolute atomic E-state index is 13.6. The molecule has 0 bridgehead atoms. The number of β-amino-alcohol motifs (C(OH)–C–C–N with tert-alkyl or cyclic N) is 1. The van der Waals surface area contributed by atoms with Gasteiger partial charge in [-0.3, -0.25) is 4.90 Å². The molecule has 0 radical (unpaired) electrons. The van der Waals surface area contributed by atoms with Gasteiger partial charge in [0.2, 0.25) is 0 Å². The first-order valence-corrected chi connectivity index (χ1v) is 6.86. The molecule has 1 fully saturated rings. The van der Waals surface area contributed by atoms with E-state index in [1.807, 2.05) is 0 Å². The Kier molecular flexibility index (Phi) is 4.53. The van der Waals surface area contributed by atoms with Gasteiger partial charge in [-0.25, -0.2) is 8.78 Å². The van der Waals surface area contributed by atoms with Crippen LogP contribution >= 0.6 is 0 Å². The van der Waals surface area contributed by atoms with Gasteiger partial charge in [-0.1, -0.05) is 19.1 Å². The van der Waals surface area contributed by atoms with E-state index in [4.69, 9.17) is 0 Å². The van der Waals surface area contributed by atoms with Gasteiger partial charge in [-0.2, -0.15) is 0 Å². The highest BCUT2D eigenvalue weighted by molar-refractivity contribution is 5.21. The number of nitrogens with zero attached hydrogens (tertiary/aromatic N) is 1. The van der Waals surface area contributed by atoms with E-state index >= 15 is 0 Å². The van der Waals surface area contributed by atoms with Crippen LogP contribution in [-0.2, 0) is 0 Å². The van der Waals surface area contributed by atoms with Crippen molar-refractivity contribution < 1.29 is 13.9 Å². The van der Waals surface area contributed by atoms with Crippen molar-refractivity contribution >= 4 is 0 Å². The first-order valence-electron chi connectivity index (χ1n) is 6.86. The van der Waals surface area contributed by atoms with Gasteiger partial charge in [0.15, 0.2) is 11.6 Å². The lowest BCUT2D eigenvalue weighted by Gasteiger charge is -2.39. The van der Waals surface area contributed by atoms with Gasteiger partial charge in [0.25, 0.3) is 0 Å². The zero-order valence-corrected chi connectivity index (χ0v) is 11.4. The van der Waals surface area contributed by atoms with Crippen molar-refractivity contribution in [3.63, 3.8) is 0 Å². The van der Waals surface area contributed by atoms with Crippen LogP contribution in [0.15, 0.2) is 18.2 Å². The maximum atomic E-state index is 13.6. The van der Waals surface area contributed by atoms with Crippen molar-refractivity contribution in [2.75, 3.05) is 13.1 Å². The molecule has 0 aromatic heterocycles. The highest BCUT2D eigenvalue weighted by Crippen LogP contribution is 2.26. The molecule has 2 rings (SSSR count).